The maximum absolute atomic E-state index is 12.2. The van der Waals surface area contributed by atoms with E-state index in [9.17, 15) is 4.79 Å². The minimum absolute atomic E-state index is 0.156. The van der Waals surface area contributed by atoms with Gasteiger partial charge in [-0.15, -0.1) is 11.6 Å². The van der Waals surface area contributed by atoms with Gasteiger partial charge in [0.05, 0.1) is 5.69 Å². The summed E-state index contributed by atoms with van der Waals surface area (Å²) in [5.74, 6) is 0.285. The first-order chi connectivity index (χ1) is 9.51. The van der Waals surface area contributed by atoms with Crippen molar-refractivity contribution < 1.29 is 4.79 Å². The number of aryl methyl sites for hydroxylation is 1. The molecule has 2 aromatic rings. The second kappa shape index (κ2) is 6.74. The van der Waals surface area contributed by atoms with Gasteiger partial charge in [0.2, 0.25) is 0 Å². The van der Waals surface area contributed by atoms with E-state index >= 15 is 0 Å². The van der Waals surface area contributed by atoms with Crippen LogP contribution in [0, 0.1) is 6.92 Å². The van der Waals surface area contributed by atoms with E-state index in [4.69, 9.17) is 11.6 Å². The predicted molar refractivity (Wildman–Crippen MR) is 90.5 cm³/mol. The van der Waals surface area contributed by atoms with Crippen molar-refractivity contribution in [2.75, 3.05) is 5.32 Å². The van der Waals surface area contributed by atoms with Crippen LogP contribution in [0.3, 0.4) is 0 Å². The zero-order chi connectivity index (χ0) is 14.7. The maximum Gasteiger partial charge on any atom is 0.255 e. The topological polar surface area (TPSA) is 29.1 Å². The number of anilines is 1. The number of alkyl halides is 1. The molecule has 0 atom stereocenters. The Hall–Kier alpha value is -0.840. The zero-order valence-corrected chi connectivity index (χ0v) is 14.6. The van der Waals surface area contributed by atoms with Crippen LogP contribution in [0.4, 0.5) is 5.69 Å². The van der Waals surface area contributed by atoms with E-state index < -0.39 is 0 Å². The second-order valence-corrected chi connectivity index (χ2v) is 6.36. The standard InChI is InChI=1S/C15H12Br2ClNO/c1-9-6-12(16)14(13(17)7-9)19-15(20)11-4-2-10(8-18)3-5-11/h2-7H,8H2,1H3,(H,19,20). The fourth-order valence-electron chi connectivity index (χ4n) is 1.75. The van der Waals surface area contributed by atoms with Crippen molar-refractivity contribution in [2.45, 2.75) is 12.8 Å². The Balaban J connectivity index is 2.23. The summed E-state index contributed by atoms with van der Waals surface area (Å²) in [7, 11) is 0. The van der Waals surface area contributed by atoms with Gasteiger partial charge in [-0.05, 0) is 74.2 Å². The molecule has 2 rings (SSSR count). The molecule has 1 amide bonds. The van der Waals surface area contributed by atoms with Crippen molar-refractivity contribution in [1.82, 2.24) is 0 Å². The van der Waals surface area contributed by atoms with E-state index in [-0.39, 0.29) is 5.91 Å². The van der Waals surface area contributed by atoms with Gasteiger partial charge in [0.15, 0.2) is 0 Å². The average molecular weight is 418 g/mol. The maximum atomic E-state index is 12.2. The lowest BCUT2D eigenvalue weighted by atomic mass is 10.1. The minimum atomic E-state index is -0.156. The molecule has 104 valence electrons. The number of amides is 1. The van der Waals surface area contributed by atoms with Crippen LogP contribution >= 0.6 is 43.5 Å². The quantitative estimate of drug-likeness (QED) is 0.656. The monoisotopic (exact) mass is 415 g/mol. The number of carbonyl (C=O) groups is 1. The van der Waals surface area contributed by atoms with Crippen LogP contribution in [0.1, 0.15) is 21.5 Å². The van der Waals surface area contributed by atoms with Crippen LogP contribution in [0.25, 0.3) is 0 Å². The highest BCUT2D eigenvalue weighted by Gasteiger charge is 2.11. The zero-order valence-electron chi connectivity index (χ0n) is 10.7. The van der Waals surface area contributed by atoms with Gasteiger partial charge in [0, 0.05) is 20.4 Å². The van der Waals surface area contributed by atoms with Crippen LogP contribution in [0.15, 0.2) is 45.3 Å². The normalized spacial score (nSPS) is 10.4. The Morgan fingerprint density at radius 3 is 2.20 bits per heavy atom. The van der Waals surface area contributed by atoms with Gasteiger partial charge in [-0.25, -0.2) is 0 Å². The minimum Gasteiger partial charge on any atom is -0.320 e. The Bertz CT molecular complexity index is 618. The van der Waals surface area contributed by atoms with Crippen LogP contribution in [0.2, 0.25) is 0 Å². The third-order valence-electron chi connectivity index (χ3n) is 2.80. The summed E-state index contributed by atoms with van der Waals surface area (Å²) in [6.45, 7) is 1.99. The molecule has 0 aromatic heterocycles. The fourth-order valence-corrected chi connectivity index (χ4v) is 3.54. The van der Waals surface area contributed by atoms with Gasteiger partial charge in [-0.1, -0.05) is 12.1 Å². The van der Waals surface area contributed by atoms with E-state index in [0.717, 1.165) is 25.8 Å². The molecule has 0 saturated heterocycles. The molecule has 5 heteroatoms. The molecule has 0 spiro atoms. The molecule has 0 aliphatic rings. The number of halogens is 3. The summed E-state index contributed by atoms with van der Waals surface area (Å²) < 4.78 is 1.69. The molecule has 0 aliphatic heterocycles. The number of nitrogens with one attached hydrogen (secondary N) is 1. The molecule has 2 aromatic carbocycles. The van der Waals surface area contributed by atoms with Crippen molar-refractivity contribution >= 4 is 55.1 Å². The first kappa shape index (κ1) is 15.5. The highest BCUT2D eigenvalue weighted by molar-refractivity contribution is 9.11. The largest absolute Gasteiger partial charge is 0.320 e. The lowest BCUT2D eigenvalue weighted by Crippen LogP contribution is -2.12. The van der Waals surface area contributed by atoms with Gasteiger partial charge in [-0.2, -0.15) is 0 Å². The number of carbonyl (C=O) groups excluding carboxylic acids is 1. The second-order valence-electron chi connectivity index (χ2n) is 4.39. The Kier molecular flexibility index (Phi) is 5.24. The first-order valence-corrected chi connectivity index (χ1v) is 8.05. The number of benzene rings is 2. The van der Waals surface area contributed by atoms with Gasteiger partial charge < -0.3 is 5.32 Å². The molecular formula is C15H12Br2ClNO. The van der Waals surface area contributed by atoms with Crippen LogP contribution in [0.5, 0.6) is 0 Å². The highest BCUT2D eigenvalue weighted by Crippen LogP contribution is 2.32. The van der Waals surface area contributed by atoms with E-state index in [1.54, 1.807) is 12.1 Å². The summed E-state index contributed by atoms with van der Waals surface area (Å²) in [4.78, 5) is 12.2. The Morgan fingerprint density at radius 1 is 1.15 bits per heavy atom. The van der Waals surface area contributed by atoms with Crippen LogP contribution in [-0.2, 0) is 5.88 Å². The lowest BCUT2D eigenvalue weighted by Gasteiger charge is -2.11. The summed E-state index contributed by atoms with van der Waals surface area (Å²) >= 11 is 12.7. The van der Waals surface area contributed by atoms with E-state index in [2.05, 4.69) is 37.2 Å². The third-order valence-corrected chi connectivity index (χ3v) is 4.35. The summed E-state index contributed by atoms with van der Waals surface area (Å²) in [6, 6.07) is 11.1. The molecule has 1 N–H and O–H groups in total. The van der Waals surface area contributed by atoms with Gasteiger partial charge >= 0.3 is 0 Å². The molecule has 0 saturated carbocycles. The fraction of sp³-hybridized carbons (Fsp3) is 0.133. The van der Waals surface area contributed by atoms with Gasteiger partial charge in [0.1, 0.15) is 0 Å². The molecule has 0 bridgehead atoms. The molecule has 0 unspecified atom stereocenters. The van der Waals surface area contributed by atoms with Crippen LogP contribution in [-0.4, -0.2) is 5.91 Å². The molecule has 0 fully saturated rings. The first-order valence-electron chi connectivity index (χ1n) is 5.93. The Labute approximate surface area is 139 Å². The van der Waals surface area contributed by atoms with Crippen molar-refractivity contribution in [1.29, 1.82) is 0 Å². The van der Waals surface area contributed by atoms with E-state index in [1.165, 1.54) is 0 Å². The summed E-state index contributed by atoms with van der Waals surface area (Å²) in [5.41, 5.74) is 3.41. The average Bonchev–Trinajstić information content (AvgIpc) is 2.42. The molecule has 20 heavy (non-hydrogen) atoms. The summed E-state index contributed by atoms with van der Waals surface area (Å²) in [6.07, 6.45) is 0. The number of rotatable bonds is 3. The molecule has 0 radical (unpaired) electrons. The molecule has 0 heterocycles. The number of hydrogen-bond donors (Lipinski definition) is 1. The van der Waals surface area contributed by atoms with Gasteiger partial charge in [0.25, 0.3) is 5.91 Å². The van der Waals surface area contributed by atoms with E-state index in [1.807, 2.05) is 31.2 Å². The number of hydrogen-bond acceptors (Lipinski definition) is 1. The lowest BCUT2D eigenvalue weighted by molar-refractivity contribution is 0.102. The SMILES string of the molecule is Cc1cc(Br)c(NC(=O)c2ccc(CCl)cc2)c(Br)c1. The Morgan fingerprint density at radius 2 is 1.70 bits per heavy atom. The third kappa shape index (κ3) is 3.62. The van der Waals surface area contributed by atoms with Crippen LogP contribution < -0.4 is 5.32 Å². The van der Waals surface area contributed by atoms with Crippen molar-refractivity contribution in [3.05, 3.63) is 62.0 Å². The molecule has 2 nitrogen and oxygen atoms in total. The molecule has 0 aliphatic carbocycles. The van der Waals surface area contributed by atoms with E-state index in [0.29, 0.717) is 11.4 Å². The summed E-state index contributed by atoms with van der Waals surface area (Å²) in [5, 5.41) is 2.89. The highest BCUT2D eigenvalue weighted by atomic mass is 79.9. The molecular weight excluding hydrogens is 405 g/mol. The van der Waals surface area contributed by atoms with Crippen molar-refractivity contribution in [3.8, 4) is 0 Å². The van der Waals surface area contributed by atoms with Crippen molar-refractivity contribution in [2.24, 2.45) is 0 Å². The van der Waals surface area contributed by atoms with Gasteiger partial charge in [-0.3, -0.25) is 4.79 Å². The van der Waals surface area contributed by atoms with Crippen molar-refractivity contribution in [3.63, 3.8) is 0 Å². The smallest absolute Gasteiger partial charge is 0.255 e. The predicted octanol–water partition coefficient (Wildman–Crippen LogP) is 5.51.